The highest BCUT2D eigenvalue weighted by Crippen LogP contribution is 2.14. The minimum absolute atomic E-state index is 0.187. The van der Waals surface area contributed by atoms with Gasteiger partial charge in [-0.25, -0.2) is 4.98 Å². The van der Waals surface area contributed by atoms with Crippen LogP contribution < -0.4 is 0 Å². The molecule has 1 aromatic heterocycles. The Hall–Kier alpha value is -0.740. The lowest BCUT2D eigenvalue weighted by molar-refractivity contribution is 0.0978. The van der Waals surface area contributed by atoms with Gasteiger partial charge < -0.3 is 4.90 Å². The first kappa shape index (κ1) is 12.3. The van der Waals surface area contributed by atoms with Gasteiger partial charge in [0.25, 0.3) is 0 Å². The van der Waals surface area contributed by atoms with E-state index in [0.29, 0.717) is 11.4 Å². The average Bonchev–Trinajstić information content (AvgIpc) is 2.59. The molecule has 0 N–H and O–H groups in total. The fourth-order valence-electron chi connectivity index (χ4n) is 1.30. The average molecular weight is 226 g/mol. The number of Topliss-reactive ketones (excluding diaryl/α,β-unsaturated/α-hetero) is 1. The van der Waals surface area contributed by atoms with E-state index in [9.17, 15) is 4.79 Å². The van der Waals surface area contributed by atoms with Gasteiger partial charge in [-0.3, -0.25) is 4.79 Å². The van der Waals surface area contributed by atoms with Crippen LogP contribution in [-0.2, 0) is 0 Å². The normalized spacial score (nSPS) is 10.9. The standard InChI is InChI=1S/C11H18N2OS/c1-9-8-12-11(15-9)10(14)6-4-5-7-13(2)3/h8H,4-7H2,1-3H3. The highest BCUT2D eigenvalue weighted by atomic mass is 32.1. The van der Waals surface area contributed by atoms with Crippen LogP contribution in [0.4, 0.5) is 0 Å². The van der Waals surface area contributed by atoms with Crippen molar-refractivity contribution in [3.63, 3.8) is 0 Å². The summed E-state index contributed by atoms with van der Waals surface area (Å²) in [6.45, 7) is 3.02. The summed E-state index contributed by atoms with van der Waals surface area (Å²) in [5.74, 6) is 0.187. The number of carbonyl (C=O) groups is 1. The second-order valence-corrected chi connectivity index (χ2v) is 5.19. The maximum Gasteiger partial charge on any atom is 0.191 e. The van der Waals surface area contributed by atoms with E-state index in [4.69, 9.17) is 0 Å². The number of rotatable bonds is 6. The van der Waals surface area contributed by atoms with E-state index in [-0.39, 0.29) is 5.78 Å². The largest absolute Gasteiger partial charge is 0.309 e. The van der Waals surface area contributed by atoms with E-state index in [2.05, 4.69) is 9.88 Å². The summed E-state index contributed by atoms with van der Waals surface area (Å²) in [5.41, 5.74) is 0. The molecule has 0 amide bonds. The van der Waals surface area contributed by atoms with Crippen molar-refractivity contribution >= 4 is 17.1 Å². The monoisotopic (exact) mass is 226 g/mol. The zero-order chi connectivity index (χ0) is 11.3. The van der Waals surface area contributed by atoms with Crippen LogP contribution in [0.1, 0.15) is 33.9 Å². The minimum atomic E-state index is 0.187. The summed E-state index contributed by atoms with van der Waals surface area (Å²) in [5, 5.41) is 0.664. The number of aromatic nitrogens is 1. The van der Waals surface area contributed by atoms with E-state index in [1.165, 1.54) is 11.3 Å². The van der Waals surface area contributed by atoms with Gasteiger partial charge in [0, 0.05) is 17.5 Å². The first-order valence-corrected chi connectivity index (χ1v) is 6.01. The minimum Gasteiger partial charge on any atom is -0.309 e. The molecule has 0 aliphatic heterocycles. The van der Waals surface area contributed by atoms with Gasteiger partial charge >= 0.3 is 0 Å². The predicted molar refractivity (Wildman–Crippen MR) is 63.6 cm³/mol. The van der Waals surface area contributed by atoms with Crippen LogP contribution in [0.3, 0.4) is 0 Å². The van der Waals surface area contributed by atoms with Gasteiger partial charge in [-0.2, -0.15) is 0 Å². The number of hydrogen-bond acceptors (Lipinski definition) is 4. The van der Waals surface area contributed by atoms with E-state index in [0.717, 1.165) is 24.3 Å². The van der Waals surface area contributed by atoms with Crippen molar-refractivity contribution in [2.45, 2.75) is 26.2 Å². The molecule has 0 aromatic carbocycles. The molecule has 0 unspecified atom stereocenters. The zero-order valence-electron chi connectivity index (χ0n) is 9.62. The third-order valence-corrected chi connectivity index (χ3v) is 3.07. The summed E-state index contributed by atoms with van der Waals surface area (Å²) in [7, 11) is 4.10. The van der Waals surface area contributed by atoms with Crippen LogP contribution in [0.25, 0.3) is 0 Å². The predicted octanol–water partition coefficient (Wildman–Crippen LogP) is 2.37. The Kier molecular flexibility index (Phi) is 4.91. The lowest BCUT2D eigenvalue weighted by atomic mass is 10.2. The molecule has 4 heteroatoms. The van der Waals surface area contributed by atoms with Gasteiger partial charge in [-0.05, 0) is 40.4 Å². The zero-order valence-corrected chi connectivity index (χ0v) is 10.4. The van der Waals surface area contributed by atoms with Crippen molar-refractivity contribution in [2.24, 2.45) is 0 Å². The van der Waals surface area contributed by atoms with Crippen LogP contribution in [0.5, 0.6) is 0 Å². The summed E-state index contributed by atoms with van der Waals surface area (Å²) in [6, 6.07) is 0. The number of ketones is 1. The van der Waals surface area contributed by atoms with Crippen LogP contribution in [0.15, 0.2) is 6.20 Å². The van der Waals surface area contributed by atoms with Crippen molar-refractivity contribution in [1.82, 2.24) is 9.88 Å². The molecule has 1 rings (SSSR count). The number of hydrogen-bond donors (Lipinski definition) is 0. The molecule has 0 saturated heterocycles. The SMILES string of the molecule is Cc1cnc(C(=O)CCCCN(C)C)s1. The Bertz CT molecular complexity index is 320. The van der Waals surface area contributed by atoms with Crippen LogP contribution in [-0.4, -0.2) is 36.3 Å². The number of thiazole rings is 1. The van der Waals surface area contributed by atoms with Gasteiger partial charge in [0.1, 0.15) is 0 Å². The van der Waals surface area contributed by atoms with E-state index in [1.54, 1.807) is 6.20 Å². The molecule has 1 aromatic rings. The van der Waals surface area contributed by atoms with Gasteiger partial charge in [-0.15, -0.1) is 11.3 Å². The first-order chi connectivity index (χ1) is 7.09. The van der Waals surface area contributed by atoms with E-state index < -0.39 is 0 Å². The Morgan fingerprint density at radius 2 is 2.20 bits per heavy atom. The second kappa shape index (κ2) is 5.98. The molecule has 0 saturated carbocycles. The van der Waals surface area contributed by atoms with Crippen LogP contribution >= 0.6 is 11.3 Å². The Labute approximate surface area is 95.1 Å². The van der Waals surface area contributed by atoms with Gasteiger partial charge in [0.2, 0.25) is 0 Å². The fourth-order valence-corrected chi connectivity index (χ4v) is 2.04. The molecule has 3 nitrogen and oxygen atoms in total. The Balaban J connectivity index is 2.25. The van der Waals surface area contributed by atoms with Crippen LogP contribution in [0.2, 0.25) is 0 Å². The van der Waals surface area contributed by atoms with Gasteiger partial charge in [-0.1, -0.05) is 0 Å². The molecule has 84 valence electrons. The van der Waals surface area contributed by atoms with Gasteiger partial charge in [0.15, 0.2) is 10.8 Å². The molecule has 15 heavy (non-hydrogen) atoms. The quantitative estimate of drug-likeness (QED) is 0.551. The van der Waals surface area contributed by atoms with E-state index in [1.807, 2.05) is 21.0 Å². The molecule has 0 fully saturated rings. The van der Waals surface area contributed by atoms with Crippen molar-refractivity contribution in [3.8, 4) is 0 Å². The highest BCUT2D eigenvalue weighted by Gasteiger charge is 2.09. The summed E-state index contributed by atoms with van der Waals surface area (Å²) < 4.78 is 0. The molecule has 1 heterocycles. The Morgan fingerprint density at radius 1 is 1.47 bits per heavy atom. The summed E-state index contributed by atoms with van der Waals surface area (Å²) in [4.78, 5) is 19.0. The molecule has 0 aliphatic rings. The van der Waals surface area contributed by atoms with Crippen molar-refractivity contribution < 1.29 is 4.79 Å². The van der Waals surface area contributed by atoms with E-state index >= 15 is 0 Å². The molecular formula is C11H18N2OS. The second-order valence-electron chi connectivity index (χ2n) is 3.96. The molecule has 0 bridgehead atoms. The topological polar surface area (TPSA) is 33.2 Å². The summed E-state index contributed by atoms with van der Waals surface area (Å²) >= 11 is 1.49. The molecule has 0 radical (unpaired) electrons. The summed E-state index contributed by atoms with van der Waals surface area (Å²) in [6.07, 6.45) is 4.41. The highest BCUT2D eigenvalue weighted by molar-refractivity contribution is 7.13. The fraction of sp³-hybridized carbons (Fsp3) is 0.636. The third-order valence-electron chi connectivity index (χ3n) is 2.12. The molecule has 0 spiro atoms. The lowest BCUT2D eigenvalue weighted by Crippen LogP contribution is -2.13. The maximum absolute atomic E-state index is 11.6. The van der Waals surface area contributed by atoms with Crippen molar-refractivity contribution in [2.75, 3.05) is 20.6 Å². The molecular weight excluding hydrogens is 208 g/mol. The van der Waals surface area contributed by atoms with Crippen LogP contribution in [0, 0.1) is 6.92 Å². The maximum atomic E-state index is 11.6. The first-order valence-electron chi connectivity index (χ1n) is 5.20. The van der Waals surface area contributed by atoms with Crippen molar-refractivity contribution in [1.29, 1.82) is 0 Å². The lowest BCUT2D eigenvalue weighted by Gasteiger charge is -2.07. The van der Waals surface area contributed by atoms with Gasteiger partial charge in [0.05, 0.1) is 0 Å². The number of unbranched alkanes of at least 4 members (excludes halogenated alkanes) is 1. The Morgan fingerprint density at radius 3 is 2.73 bits per heavy atom. The number of aryl methyl sites for hydroxylation is 1. The molecule has 0 aliphatic carbocycles. The third kappa shape index (κ3) is 4.53. The number of carbonyl (C=O) groups excluding carboxylic acids is 1. The smallest absolute Gasteiger partial charge is 0.191 e. The number of nitrogens with zero attached hydrogens (tertiary/aromatic N) is 2. The van der Waals surface area contributed by atoms with Crippen molar-refractivity contribution in [3.05, 3.63) is 16.1 Å². The molecule has 0 atom stereocenters.